The van der Waals surface area contributed by atoms with E-state index in [1.165, 1.54) is 12.8 Å². The molecular formula is C29H33N2O3+. The summed E-state index contributed by atoms with van der Waals surface area (Å²) in [5.41, 5.74) is 1.93. The van der Waals surface area contributed by atoms with Gasteiger partial charge in [0.15, 0.2) is 0 Å². The van der Waals surface area contributed by atoms with Crippen LogP contribution in [0.25, 0.3) is 0 Å². The number of rotatable bonds is 8. The van der Waals surface area contributed by atoms with Crippen molar-refractivity contribution in [1.29, 1.82) is 0 Å². The number of carbonyl (C=O) groups is 1. The summed E-state index contributed by atoms with van der Waals surface area (Å²) in [7, 11) is 0. The lowest BCUT2D eigenvalue weighted by Gasteiger charge is -2.53. The van der Waals surface area contributed by atoms with Gasteiger partial charge < -0.3 is 9.47 Å². The second-order valence-electron chi connectivity index (χ2n) is 9.48. The van der Waals surface area contributed by atoms with Gasteiger partial charge in [-0.05, 0) is 35.7 Å². The molecule has 3 fully saturated rings. The van der Waals surface area contributed by atoms with Crippen LogP contribution in [-0.2, 0) is 11.3 Å². The van der Waals surface area contributed by atoms with E-state index in [1.807, 2.05) is 91.0 Å². The van der Waals surface area contributed by atoms with E-state index in [-0.39, 0.29) is 12.3 Å². The zero-order chi connectivity index (χ0) is 23.2. The molecule has 1 unspecified atom stereocenters. The molecule has 1 amide bonds. The predicted octanol–water partition coefficient (Wildman–Crippen LogP) is 5.87. The van der Waals surface area contributed by atoms with Gasteiger partial charge in [-0.2, -0.15) is 0 Å². The van der Waals surface area contributed by atoms with E-state index < -0.39 is 0 Å². The molecule has 5 nitrogen and oxygen atoms in total. The molecule has 3 aromatic carbocycles. The van der Waals surface area contributed by atoms with Gasteiger partial charge in [0, 0.05) is 24.9 Å². The van der Waals surface area contributed by atoms with E-state index in [2.05, 4.69) is 0 Å². The number of amides is 1. The van der Waals surface area contributed by atoms with Crippen molar-refractivity contribution in [2.75, 3.05) is 31.1 Å². The fourth-order valence-corrected chi connectivity index (χ4v) is 5.37. The van der Waals surface area contributed by atoms with Crippen molar-refractivity contribution in [2.24, 2.45) is 5.92 Å². The van der Waals surface area contributed by atoms with Crippen LogP contribution in [0.2, 0.25) is 0 Å². The monoisotopic (exact) mass is 457 g/mol. The Morgan fingerprint density at radius 2 is 1.47 bits per heavy atom. The van der Waals surface area contributed by atoms with E-state index in [0.29, 0.717) is 19.1 Å². The normalized spacial score (nSPS) is 23.3. The minimum Gasteiger partial charge on any atom is -0.488 e. The molecule has 5 heteroatoms. The maximum atomic E-state index is 13.6. The van der Waals surface area contributed by atoms with Crippen LogP contribution < -0.4 is 9.64 Å². The first-order valence-corrected chi connectivity index (χ1v) is 12.3. The topological polar surface area (TPSA) is 38.8 Å². The number of carbonyl (C=O) groups excluding carboxylic acids is 1. The van der Waals surface area contributed by atoms with Gasteiger partial charge in [0.25, 0.3) is 0 Å². The van der Waals surface area contributed by atoms with Crippen LogP contribution in [0.4, 0.5) is 10.5 Å². The smallest absolute Gasteiger partial charge is 0.419 e. The molecule has 0 N–H and O–H groups in total. The zero-order valence-corrected chi connectivity index (χ0v) is 19.6. The molecule has 1 atom stereocenters. The minimum atomic E-state index is -0.269. The summed E-state index contributed by atoms with van der Waals surface area (Å²) in [6.45, 7) is 4.05. The van der Waals surface area contributed by atoms with Crippen LogP contribution in [0.3, 0.4) is 0 Å². The molecule has 3 aliphatic rings. The van der Waals surface area contributed by atoms with E-state index >= 15 is 0 Å². The zero-order valence-electron chi connectivity index (χ0n) is 19.6. The standard InChI is InChI=1S/C29H33N2O3/c32-29(30(26-12-6-2-7-13-26)23-25-10-4-1-5-11-25)34-28-22-24-16-18-31(28,19-17-24)20-21-33-27-14-8-3-9-15-27/h1-15,24,28H,16-23H2/q+1. The van der Waals surface area contributed by atoms with Crippen LogP contribution in [0.15, 0.2) is 91.0 Å². The second-order valence-corrected chi connectivity index (χ2v) is 9.48. The first kappa shape index (κ1) is 22.5. The van der Waals surface area contributed by atoms with Gasteiger partial charge in [-0.1, -0.05) is 66.7 Å². The molecule has 176 valence electrons. The molecule has 6 rings (SSSR count). The van der Waals surface area contributed by atoms with Crippen molar-refractivity contribution in [1.82, 2.24) is 0 Å². The lowest BCUT2D eigenvalue weighted by molar-refractivity contribution is -0.983. The van der Waals surface area contributed by atoms with Gasteiger partial charge in [-0.25, -0.2) is 4.79 Å². The second kappa shape index (κ2) is 10.3. The third-order valence-electron chi connectivity index (χ3n) is 7.37. The molecule has 0 saturated carbocycles. The number of piperidine rings is 3. The minimum absolute atomic E-state index is 0.124. The average Bonchev–Trinajstić information content (AvgIpc) is 2.90. The first-order valence-electron chi connectivity index (χ1n) is 12.3. The first-order chi connectivity index (χ1) is 16.7. The number of hydrogen-bond acceptors (Lipinski definition) is 3. The lowest BCUT2D eigenvalue weighted by Crippen LogP contribution is -2.66. The number of hydrogen-bond donors (Lipinski definition) is 0. The van der Waals surface area contributed by atoms with E-state index in [1.54, 1.807) is 4.90 Å². The molecule has 2 bridgehead atoms. The number of quaternary nitrogens is 1. The quantitative estimate of drug-likeness (QED) is 0.398. The third kappa shape index (κ3) is 5.10. The molecule has 34 heavy (non-hydrogen) atoms. The van der Waals surface area contributed by atoms with Crippen molar-refractivity contribution < 1.29 is 18.8 Å². The Hall–Kier alpha value is -3.31. The highest BCUT2D eigenvalue weighted by Crippen LogP contribution is 2.39. The lowest BCUT2D eigenvalue weighted by atomic mass is 9.84. The summed E-state index contributed by atoms with van der Waals surface area (Å²) in [5.74, 6) is 1.53. The van der Waals surface area contributed by atoms with Crippen molar-refractivity contribution in [2.45, 2.75) is 32.0 Å². The SMILES string of the molecule is O=C(OC1CC2CC[N+]1(CCOc1ccccc1)CC2)N(Cc1ccccc1)c1ccccc1. The Balaban J connectivity index is 1.31. The predicted molar refractivity (Wildman–Crippen MR) is 133 cm³/mol. The molecule has 3 saturated heterocycles. The number of fused-ring (bicyclic) bond motifs is 3. The summed E-state index contributed by atoms with van der Waals surface area (Å²) in [4.78, 5) is 15.4. The van der Waals surface area contributed by atoms with E-state index in [9.17, 15) is 4.79 Å². The summed E-state index contributed by atoms with van der Waals surface area (Å²) in [5, 5.41) is 0. The van der Waals surface area contributed by atoms with Gasteiger partial charge in [0.1, 0.15) is 18.9 Å². The number of ether oxygens (including phenoxy) is 2. The summed E-state index contributed by atoms with van der Waals surface area (Å²) >= 11 is 0. The van der Waals surface area contributed by atoms with Gasteiger partial charge in [-0.3, -0.25) is 9.38 Å². The third-order valence-corrected chi connectivity index (χ3v) is 7.37. The highest BCUT2D eigenvalue weighted by atomic mass is 16.6. The van der Waals surface area contributed by atoms with Gasteiger partial charge in [0.2, 0.25) is 6.23 Å². The highest BCUT2D eigenvalue weighted by Gasteiger charge is 2.49. The van der Waals surface area contributed by atoms with Gasteiger partial charge >= 0.3 is 6.09 Å². The molecule has 0 aromatic heterocycles. The fourth-order valence-electron chi connectivity index (χ4n) is 5.37. The van der Waals surface area contributed by atoms with Crippen molar-refractivity contribution in [3.05, 3.63) is 96.6 Å². The van der Waals surface area contributed by atoms with Gasteiger partial charge in [-0.15, -0.1) is 0 Å². The Morgan fingerprint density at radius 3 is 2.15 bits per heavy atom. The van der Waals surface area contributed by atoms with Crippen LogP contribution in [0.1, 0.15) is 24.8 Å². The van der Waals surface area contributed by atoms with Gasteiger partial charge in [0.05, 0.1) is 19.6 Å². The Bertz CT molecular complexity index is 1050. The highest BCUT2D eigenvalue weighted by molar-refractivity contribution is 5.87. The number of para-hydroxylation sites is 2. The van der Waals surface area contributed by atoms with E-state index in [0.717, 1.165) is 47.5 Å². The molecule has 0 aliphatic carbocycles. The molecule has 0 radical (unpaired) electrons. The van der Waals surface area contributed by atoms with E-state index in [4.69, 9.17) is 9.47 Å². The molecule has 3 heterocycles. The molecule has 0 spiro atoms. The maximum absolute atomic E-state index is 13.6. The van der Waals surface area contributed by atoms with Crippen LogP contribution in [0, 0.1) is 5.92 Å². The Kier molecular flexibility index (Phi) is 6.82. The van der Waals surface area contributed by atoms with Crippen molar-refractivity contribution in [3.63, 3.8) is 0 Å². The fraction of sp³-hybridized carbons (Fsp3) is 0.345. The molecular weight excluding hydrogens is 424 g/mol. The van der Waals surface area contributed by atoms with Crippen LogP contribution in [-0.4, -0.2) is 43.0 Å². The summed E-state index contributed by atoms with van der Waals surface area (Å²) in [6.07, 6.45) is 2.94. The van der Waals surface area contributed by atoms with Crippen molar-refractivity contribution in [3.8, 4) is 5.75 Å². The van der Waals surface area contributed by atoms with Crippen LogP contribution >= 0.6 is 0 Å². The summed E-state index contributed by atoms with van der Waals surface area (Å²) < 4.78 is 13.2. The molecule has 3 aromatic rings. The van der Waals surface area contributed by atoms with Crippen molar-refractivity contribution >= 4 is 11.8 Å². The number of benzene rings is 3. The van der Waals surface area contributed by atoms with Crippen LogP contribution in [0.5, 0.6) is 5.75 Å². The molecule has 3 aliphatic heterocycles. The number of nitrogens with zero attached hydrogens (tertiary/aromatic N) is 2. The Morgan fingerprint density at radius 1 is 0.853 bits per heavy atom. The summed E-state index contributed by atoms with van der Waals surface area (Å²) in [6, 6.07) is 29.9. The largest absolute Gasteiger partial charge is 0.488 e. The average molecular weight is 458 g/mol. The Labute approximate surface area is 202 Å². The number of anilines is 1. The maximum Gasteiger partial charge on any atom is 0.419 e.